The molecule has 0 bridgehead atoms. The number of ketones is 1. The van der Waals surface area contributed by atoms with Gasteiger partial charge in [0.25, 0.3) is 0 Å². The van der Waals surface area contributed by atoms with Gasteiger partial charge in [-0.25, -0.2) is 18.0 Å². The molecule has 0 saturated carbocycles. The summed E-state index contributed by atoms with van der Waals surface area (Å²) < 4.78 is 42.8. The van der Waals surface area contributed by atoms with Gasteiger partial charge >= 0.3 is 0 Å². The van der Waals surface area contributed by atoms with E-state index in [0.717, 1.165) is 12.1 Å². The summed E-state index contributed by atoms with van der Waals surface area (Å²) in [6, 6.07) is 3.68. The van der Waals surface area contributed by atoms with Crippen molar-refractivity contribution >= 4 is 49.4 Å². The second-order valence-electron chi connectivity index (χ2n) is 4.92. The summed E-state index contributed by atoms with van der Waals surface area (Å²) in [5.41, 5.74) is -0.413. The molecule has 0 fully saturated rings. The highest BCUT2D eigenvalue weighted by molar-refractivity contribution is 9.10. The fourth-order valence-electron chi connectivity index (χ4n) is 2.29. The predicted octanol–water partition coefficient (Wildman–Crippen LogP) is 3.54. The molecule has 3 aromatic rings. The Bertz CT molecular complexity index is 990. The van der Waals surface area contributed by atoms with Crippen LogP contribution in [0.5, 0.6) is 0 Å². The third kappa shape index (κ3) is 2.96. The molecule has 2 aromatic heterocycles. The average molecular weight is 414 g/mol. The number of rotatable bonds is 4. The molecule has 5 nitrogen and oxygen atoms in total. The molecule has 9 heteroatoms. The number of anilines is 1. The zero-order valence-corrected chi connectivity index (χ0v) is 14.6. The van der Waals surface area contributed by atoms with E-state index < -0.39 is 34.0 Å². The van der Waals surface area contributed by atoms with Crippen LogP contribution >= 0.6 is 15.9 Å². The van der Waals surface area contributed by atoms with Gasteiger partial charge in [-0.15, -0.1) is 0 Å². The lowest BCUT2D eigenvalue weighted by Crippen LogP contribution is -2.11. The Kier molecular flexibility index (Phi) is 4.46. The first kappa shape index (κ1) is 16.7. The van der Waals surface area contributed by atoms with Crippen molar-refractivity contribution in [3.05, 3.63) is 57.8 Å². The summed E-state index contributed by atoms with van der Waals surface area (Å²) in [4.78, 5) is 19.5. The topological polar surface area (TPSA) is 74.8 Å². The highest BCUT2D eigenvalue weighted by Gasteiger charge is 2.24. The summed E-state index contributed by atoms with van der Waals surface area (Å²) in [5, 5.41) is 0.436. The Labute approximate surface area is 146 Å². The van der Waals surface area contributed by atoms with Crippen LogP contribution in [0.25, 0.3) is 11.0 Å². The highest BCUT2D eigenvalue weighted by atomic mass is 79.9. The Morgan fingerprint density at radius 3 is 2.83 bits per heavy atom. The summed E-state index contributed by atoms with van der Waals surface area (Å²) in [5.74, 6) is -2.92. The minimum Gasteiger partial charge on any atom is -0.345 e. The molecular weight excluding hydrogens is 404 g/mol. The fraction of sp³-hybridized carbons (Fsp3) is 0.0667. The van der Waals surface area contributed by atoms with Gasteiger partial charge in [0.2, 0.25) is 5.78 Å². The van der Waals surface area contributed by atoms with Gasteiger partial charge < -0.3 is 9.71 Å². The molecule has 1 unspecified atom stereocenters. The van der Waals surface area contributed by atoms with Crippen molar-refractivity contribution in [3.8, 4) is 0 Å². The minimum absolute atomic E-state index is 0.0892. The number of carbonyl (C=O) groups is 1. The first-order valence-corrected chi connectivity index (χ1v) is 8.99. The molecule has 3 rings (SSSR count). The van der Waals surface area contributed by atoms with E-state index in [4.69, 9.17) is 0 Å². The van der Waals surface area contributed by atoms with Gasteiger partial charge in [-0.2, -0.15) is 0 Å². The van der Waals surface area contributed by atoms with Crippen LogP contribution in [0.3, 0.4) is 0 Å². The standard InChI is InChI=1S/C15H10BrF2N3O2S/c1-24(23)21-11-3-2-10(17)12(13(11)18)14(22)9-6-20-15-8(9)4-7(16)5-19-15/h2-6,21H,1H3,(H,19,20). The number of hydrogen-bond donors (Lipinski definition) is 2. The molecule has 0 aliphatic heterocycles. The molecule has 0 aliphatic rings. The quantitative estimate of drug-likeness (QED) is 0.642. The van der Waals surface area contributed by atoms with Gasteiger partial charge in [-0.05, 0) is 34.1 Å². The number of halogens is 3. The molecule has 24 heavy (non-hydrogen) atoms. The second-order valence-corrected chi connectivity index (χ2v) is 6.95. The van der Waals surface area contributed by atoms with E-state index in [1.54, 1.807) is 6.07 Å². The first-order chi connectivity index (χ1) is 11.4. The minimum atomic E-state index is -1.56. The van der Waals surface area contributed by atoms with E-state index in [0.29, 0.717) is 15.5 Å². The second kappa shape index (κ2) is 6.40. The monoisotopic (exact) mass is 413 g/mol. The van der Waals surface area contributed by atoms with Crippen LogP contribution in [0.1, 0.15) is 15.9 Å². The summed E-state index contributed by atoms with van der Waals surface area (Å²) in [6.07, 6.45) is 4.19. The summed E-state index contributed by atoms with van der Waals surface area (Å²) >= 11 is 3.24. The number of fused-ring (bicyclic) bond motifs is 1. The van der Waals surface area contributed by atoms with E-state index in [2.05, 4.69) is 30.6 Å². The van der Waals surface area contributed by atoms with Gasteiger partial charge in [0.05, 0.1) is 11.3 Å². The van der Waals surface area contributed by atoms with Crippen molar-refractivity contribution in [3.63, 3.8) is 0 Å². The Morgan fingerprint density at radius 1 is 1.38 bits per heavy atom. The molecule has 1 atom stereocenters. The fourth-order valence-corrected chi connectivity index (χ4v) is 3.09. The van der Waals surface area contributed by atoms with E-state index in [1.807, 2.05) is 0 Å². The number of nitrogens with zero attached hydrogens (tertiary/aromatic N) is 1. The van der Waals surface area contributed by atoms with Gasteiger partial charge in [-0.3, -0.25) is 4.79 Å². The Hall–Kier alpha value is -2.13. The molecular formula is C15H10BrF2N3O2S. The SMILES string of the molecule is CS(=O)Nc1ccc(F)c(C(=O)c2c[nH]c3ncc(Br)cc23)c1F. The number of aromatic nitrogens is 2. The van der Waals surface area contributed by atoms with E-state index in [-0.39, 0.29) is 11.3 Å². The molecule has 2 N–H and O–H groups in total. The Morgan fingerprint density at radius 2 is 2.12 bits per heavy atom. The first-order valence-electron chi connectivity index (χ1n) is 6.64. The van der Waals surface area contributed by atoms with Crippen LogP contribution in [0, 0.1) is 11.6 Å². The van der Waals surface area contributed by atoms with E-state index >= 15 is 0 Å². The maximum atomic E-state index is 14.5. The lowest BCUT2D eigenvalue weighted by molar-refractivity contribution is 0.103. The van der Waals surface area contributed by atoms with Crippen LogP contribution in [-0.4, -0.2) is 26.2 Å². The Balaban J connectivity index is 2.15. The van der Waals surface area contributed by atoms with Gasteiger partial charge in [0.1, 0.15) is 22.5 Å². The maximum absolute atomic E-state index is 14.5. The molecule has 1 aromatic carbocycles. The summed E-state index contributed by atoms with van der Waals surface area (Å²) in [6.45, 7) is 0. The normalized spacial score (nSPS) is 12.3. The van der Waals surface area contributed by atoms with Crippen LogP contribution < -0.4 is 4.72 Å². The van der Waals surface area contributed by atoms with Gasteiger partial charge in [0.15, 0.2) is 5.82 Å². The molecule has 0 spiro atoms. The number of aromatic amines is 1. The van der Waals surface area contributed by atoms with Gasteiger partial charge in [0, 0.05) is 34.1 Å². The molecule has 124 valence electrons. The zero-order chi connectivity index (χ0) is 17.4. The van der Waals surface area contributed by atoms with Crippen molar-refractivity contribution in [2.75, 3.05) is 11.0 Å². The van der Waals surface area contributed by atoms with Crippen LogP contribution in [0.15, 0.2) is 35.1 Å². The molecule has 0 radical (unpaired) electrons. The molecule has 0 saturated heterocycles. The van der Waals surface area contributed by atoms with Crippen molar-refractivity contribution in [1.29, 1.82) is 0 Å². The number of carbonyl (C=O) groups excluding carboxylic acids is 1. The van der Waals surface area contributed by atoms with Crippen LogP contribution in [-0.2, 0) is 11.0 Å². The molecule has 2 heterocycles. The van der Waals surface area contributed by atoms with E-state index in [1.165, 1.54) is 18.6 Å². The number of pyridine rings is 1. The van der Waals surface area contributed by atoms with Crippen molar-refractivity contribution in [2.45, 2.75) is 0 Å². The van der Waals surface area contributed by atoms with Crippen molar-refractivity contribution in [2.24, 2.45) is 0 Å². The van der Waals surface area contributed by atoms with E-state index in [9.17, 15) is 17.8 Å². The predicted molar refractivity (Wildman–Crippen MR) is 91.3 cm³/mol. The number of benzene rings is 1. The van der Waals surface area contributed by atoms with Crippen molar-refractivity contribution in [1.82, 2.24) is 9.97 Å². The zero-order valence-electron chi connectivity index (χ0n) is 12.2. The maximum Gasteiger partial charge on any atom is 0.201 e. The number of hydrogen-bond acceptors (Lipinski definition) is 3. The third-order valence-electron chi connectivity index (χ3n) is 3.31. The van der Waals surface area contributed by atoms with Gasteiger partial charge in [-0.1, -0.05) is 0 Å². The van der Waals surface area contributed by atoms with Crippen LogP contribution in [0.4, 0.5) is 14.5 Å². The lowest BCUT2D eigenvalue weighted by Gasteiger charge is -2.09. The third-order valence-corrected chi connectivity index (χ3v) is 4.26. The van der Waals surface area contributed by atoms with Crippen LogP contribution in [0.2, 0.25) is 0 Å². The summed E-state index contributed by atoms with van der Waals surface area (Å²) in [7, 11) is -1.56. The van der Waals surface area contributed by atoms with Crippen molar-refractivity contribution < 1.29 is 17.8 Å². The average Bonchev–Trinajstić information content (AvgIpc) is 2.92. The largest absolute Gasteiger partial charge is 0.345 e. The molecule has 0 aliphatic carbocycles. The number of nitrogens with one attached hydrogen (secondary N) is 2. The molecule has 0 amide bonds. The lowest BCUT2D eigenvalue weighted by atomic mass is 10.0. The number of H-pyrrole nitrogens is 1. The smallest absolute Gasteiger partial charge is 0.201 e. The highest BCUT2D eigenvalue weighted by Crippen LogP contribution is 2.28.